The average molecular weight is 260 g/mol. The molecule has 0 unspecified atom stereocenters. The molecule has 19 heavy (non-hydrogen) atoms. The van der Waals surface area contributed by atoms with Crippen molar-refractivity contribution in [1.82, 2.24) is 5.32 Å². The molecule has 1 aromatic carbocycles. The molecule has 0 atom stereocenters. The lowest BCUT2D eigenvalue weighted by molar-refractivity contribution is 0.0952. The van der Waals surface area contributed by atoms with Gasteiger partial charge in [0.15, 0.2) is 0 Å². The Morgan fingerprint density at radius 3 is 3.05 bits per heavy atom. The van der Waals surface area contributed by atoms with E-state index in [9.17, 15) is 4.79 Å². The summed E-state index contributed by atoms with van der Waals surface area (Å²) in [7, 11) is 0. The van der Waals surface area contributed by atoms with Crippen molar-refractivity contribution >= 4 is 11.6 Å². The lowest BCUT2D eigenvalue weighted by Gasteiger charge is -2.18. The van der Waals surface area contributed by atoms with Crippen molar-refractivity contribution in [3.8, 4) is 0 Å². The number of fused-ring (bicyclic) bond motifs is 1. The van der Waals surface area contributed by atoms with Gasteiger partial charge in [0.05, 0.1) is 0 Å². The number of aryl methyl sites for hydroxylation is 1. The number of carbonyl (C=O) groups excluding carboxylic acids is 1. The van der Waals surface area contributed by atoms with Crippen molar-refractivity contribution in [2.75, 3.05) is 18.4 Å². The van der Waals surface area contributed by atoms with Crippen LogP contribution in [-0.2, 0) is 6.42 Å². The second-order valence-electron chi connectivity index (χ2n) is 5.69. The highest BCUT2D eigenvalue weighted by molar-refractivity contribution is 5.94. The van der Waals surface area contributed by atoms with Crippen molar-refractivity contribution in [3.63, 3.8) is 0 Å². The molecule has 2 N–H and O–H groups in total. The second kappa shape index (κ2) is 6.60. The summed E-state index contributed by atoms with van der Waals surface area (Å²) < 4.78 is 0. The van der Waals surface area contributed by atoms with Gasteiger partial charge in [-0.1, -0.05) is 13.8 Å². The molecule has 0 fully saturated rings. The highest BCUT2D eigenvalue weighted by Crippen LogP contribution is 2.22. The number of hydrogen-bond acceptors (Lipinski definition) is 2. The zero-order chi connectivity index (χ0) is 13.7. The van der Waals surface area contributed by atoms with E-state index in [0.717, 1.165) is 44.3 Å². The molecular formula is C16H24N2O. The van der Waals surface area contributed by atoms with E-state index in [1.807, 2.05) is 18.2 Å². The van der Waals surface area contributed by atoms with Crippen LogP contribution in [0.15, 0.2) is 18.2 Å². The van der Waals surface area contributed by atoms with Crippen LogP contribution >= 0.6 is 0 Å². The van der Waals surface area contributed by atoms with Gasteiger partial charge in [-0.2, -0.15) is 0 Å². The number of amides is 1. The van der Waals surface area contributed by atoms with Crippen LogP contribution in [0.1, 0.15) is 49.0 Å². The third kappa shape index (κ3) is 3.98. The van der Waals surface area contributed by atoms with Crippen molar-refractivity contribution in [3.05, 3.63) is 29.3 Å². The van der Waals surface area contributed by atoms with Crippen LogP contribution in [0, 0.1) is 5.92 Å². The molecule has 0 saturated heterocycles. The Labute approximate surface area is 115 Å². The zero-order valence-electron chi connectivity index (χ0n) is 12.0. The fraction of sp³-hybridized carbons (Fsp3) is 0.562. The Balaban J connectivity index is 1.88. The van der Waals surface area contributed by atoms with Gasteiger partial charge < -0.3 is 10.6 Å². The van der Waals surface area contributed by atoms with Crippen LogP contribution < -0.4 is 10.6 Å². The molecule has 1 aliphatic heterocycles. The van der Waals surface area contributed by atoms with E-state index in [1.54, 1.807) is 0 Å². The monoisotopic (exact) mass is 260 g/mol. The minimum absolute atomic E-state index is 0.0529. The van der Waals surface area contributed by atoms with Crippen LogP contribution in [0.3, 0.4) is 0 Å². The van der Waals surface area contributed by atoms with Crippen molar-refractivity contribution < 1.29 is 4.79 Å². The maximum absolute atomic E-state index is 12.0. The lowest BCUT2D eigenvalue weighted by Crippen LogP contribution is -2.25. The standard InChI is InChI=1S/C16H24N2O/c1-12(2)5-3-10-18-16(19)14-7-8-15-13(11-14)6-4-9-17-15/h7-8,11-12,17H,3-6,9-10H2,1-2H3,(H,18,19). The largest absolute Gasteiger partial charge is 0.385 e. The van der Waals surface area contributed by atoms with E-state index in [-0.39, 0.29) is 5.91 Å². The van der Waals surface area contributed by atoms with E-state index < -0.39 is 0 Å². The summed E-state index contributed by atoms with van der Waals surface area (Å²) in [5, 5.41) is 6.36. The minimum Gasteiger partial charge on any atom is -0.385 e. The Kier molecular flexibility index (Phi) is 4.83. The van der Waals surface area contributed by atoms with Gasteiger partial charge in [-0.05, 0) is 55.4 Å². The van der Waals surface area contributed by atoms with Crippen LogP contribution in [0.2, 0.25) is 0 Å². The number of nitrogens with one attached hydrogen (secondary N) is 2. The summed E-state index contributed by atoms with van der Waals surface area (Å²) in [6.45, 7) is 6.22. The number of rotatable bonds is 5. The van der Waals surface area contributed by atoms with Crippen molar-refractivity contribution in [1.29, 1.82) is 0 Å². The van der Waals surface area contributed by atoms with Crippen LogP contribution in [0.25, 0.3) is 0 Å². The Bertz CT molecular complexity index is 440. The number of benzene rings is 1. The van der Waals surface area contributed by atoms with Crippen LogP contribution in [0.5, 0.6) is 0 Å². The first-order valence-electron chi connectivity index (χ1n) is 7.32. The molecule has 1 aromatic rings. The second-order valence-corrected chi connectivity index (χ2v) is 5.69. The molecule has 1 aliphatic rings. The first-order chi connectivity index (χ1) is 9.16. The highest BCUT2D eigenvalue weighted by atomic mass is 16.1. The van der Waals surface area contributed by atoms with E-state index >= 15 is 0 Å². The molecule has 1 amide bonds. The average Bonchev–Trinajstić information content (AvgIpc) is 2.42. The van der Waals surface area contributed by atoms with Gasteiger partial charge in [-0.25, -0.2) is 0 Å². The minimum atomic E-state index is 0.0529. The molecule has 3 nitrogen and oxygen atoms in total. The Morgan fingerprint density at radius 1 is 1.42 bits per heavy atom. The number of anilines is 1. The first kappa shape index (κ1) is 13.9. The van der Waals surface area contributed by atoms with Gasteiger partial charge in [0.25, 0.3) is 5.91 Å². The Morgan fingerprint density at radius 2 is 2.26 bits per heavy atom. The number of hydrogen-bond donors (Lipinski definition) is 2. The highest BCUT2D eigenvalue weighted by Gasteiger charge is 2.12. The first-order valence-corrected chi connectivity index (χ1v) is 7.32. The maximum atomic E-state index is 12.0. The van der Waals surface area contributed by atoms with Crippen LogP contribution in [-0.4, -0.2) is 19.0 Å². The molecule has 1 heterocycles. The quantitative estimate of drug-likeness (QED) is 0.798. The van der Waals surface area contributed by atoms with E-state index in [1.165, 1.54) is 11.3 Å². The molecule has 0 aromatic heterocycles. The van der Waals surface area contributed by atoms with Crippen molar-refractivity contribution in [2.24, 2.45) is 5.92 Å². The predicted octanol–water partition coefficient (Wildman–Crippen LogP) is 3.21. The fourth-order valence-corrected chi connectivity index (χ4v) is 2.43. The van der Waals surface area contributed by atoms with Gasteiger partial charge >= 0.3 is 0 Å². The summed E-state index contributed by atoms with van der Waals surface area (Å²) in [5.41, 5.74) is 3.23. The number of carbonyl (C=O) groups is 1. The molecule has 2 rings (SSSR count). The van der Waals surface area contributed by atoms with Crippen LogP contribution in [0.4, 0.5) is 5.69 Å². The third-order valence-corrected chi connectivity index (χ3v) is 3.55. The van der Waals surface area contributed by atoms with Gasteiger partial charge in [0, 0.05) is 24.3 Å². The summed E-state index contributed by atoms with van der Waals surface area (Å²) in [6, 6.07) is 5.96. The topological polar surface area (TPSA) is 41.1 Å². The van der Waals surface area contributed by atoms with Crippen molar-refractivity contribution in [2.45, 2.75) is 39.5 Å². The van der Waals surface area contributed by atoms with Gasteiger partial charge in [0.1, 0.15) is 0 Å². The maximum Gasteiger partial charge on any atom is 0.251 e. The smallest absolute Gasteiger partial charge is 0.251 e. The summed E-state index contributed by atoms with van der Waals surface area (Å²) in [4.78, 5) is 12.0. The molecule has 0 spiro atoms. The molecular weight excluding hydrogens is 236 g/mol. The summed E-state index contributed by atoms with van der Waals surface area (Å²) in [6.07, 6.45) is 4.42. The summed E-state index contributed by atoms with van der Waals surface area (Å²) in [5.74, 6) is 0.754. The van der Waals surface area contributed by atoms with Gasteiger partial charge in [-0.15, -0.1) is 0 Å². The normalized spacial score (nSPS) is 13.8. The van der Waals surface area contributed by atoms with E-state index in [2.05, 4.69) is 24.5 Å². The molecule has 0 aliphatic carbocycles. The molecule has 0 saturated carbocycles. The lowest BCUT2D eigenvalue weighted by atomic mass is 10.0. The molecule has 104 valence electrons. The molecule has 3 heteroatoms. The summed E-state index contributed by atoms with van der Waals surface area (Å²) >= 11 is 0. The molecule has 0 radical (unpaired) electrons. The fourth-order valence-electron chi connectivity index (χ4n) is 2.43. The third-order valence-electron chi connectivity index (χ3n) is 3.55. The van der Waals surface area contributed by atoms with Gasteiger partial charge in [-0.3, -0.25) is 4.79 Å². The van der Waals surface area contributed by atoms with E-state index in [0.29, 0.717) is 5.92 Å². The Hall–Kier alpha value is -1.51. The predicted molar refractivity (Wildman–Crippen MR) is 79.7 cm³/mol. The van der Waals surface area contributed by atoms with E-state index in [4.69, 9.17) is 0 Å². The molecule has 0 bridgehead atoms. The SMILES string of the molecule is CC(C)CCCNC(=O)c1ccc2c(c1)CCCN2. The van der Waals surface area contributed by atoms with Gasteiger partial charge in [0.2, 0.25) is 0 Å². The zero-order valence-corrected chi connectivity index (χ0v) is 12.0.